The Bertz CT molecular complexity index is 281. The summed E-state index contributed by atoms with van der Waals surface area (Å²) in [6.07, 6.45) is 1.68. The Morgan fingerprint density at radius 3 is 3.00 bits per heavy atom. The van der Waals surface area contributed by atoms with Crippen LogP contribution in [-0.2, 0) is 3.07 Å². The van der Waals surface area contributed by atoms with Crippen molar-refractivity contribution in [3.63, 3.8) is 0 Å². The Morgan fingerprint density at radius 2 is 2.42 bits per heavy atom. The van der Waals surface area contributed by atoms with E-state index in [9.17, 15) is 5.11 Å². The minimum absolute atomic E-state index is 0.521. The Kier molecular flexibility index (Phi) is 9.88. The van der Waals surface area contributed by atoms with Crippen molar-refractivity contribution in [3.8, 4) is 0 Å². The molecule has 0 bridgehead atoms. The fourth-order valence-electron chi connectivity index (χ4n) is 1.62. The van der Waals surface area contributed by atoms with E-state index in [4.69, 9.17) is 3.07 Å². The molecule has 0 aliphatic carbocycles. The van der Waals surface area contributed by atoms with E-state index < -0.39 is 22.5 Å². The topological polar surface area (TPSA) is 68.8 Å². The van der Waals surface area contributed by atoms with E-state index in [0.717, 1.165) is 36.4 Å². The second-order valence-corrected chi connectivity index (χ2v) is 13.1. The molecular weight excluding hydrogens is 474 g/mol. The summed E-state index contributed by atoms with van der Waals surface area (Å²) in [5, 5.41) is 12.4. The zero-order chi connectivity index (χ0) is 14.1. The average molecular weight is 498 g/mol. The number of rotatable bonds is 10. The van der Waals surface area contributed by atoms with Crippen LogP contribution in [0, 0.1) is 0 Å². The first-order chi connectivity index (χ1) is 9.15. The van der Waals surface area contributed by atoms with Gasteiger partial charge in [0.05, 0.1) is 0 Å². The van der Waals surface area contributed by atoms with Crippen LogP contribution in [0.2, 0.25) is 0 Å². The van der Waals surface area contributed by atoms with Crippen LogP contribution in [0.3, 0.4) is 0 Å². The third-order valence-corrected chi connectivity index (χ3v) is 8.18. The number of alkyl halides is 1. The number of hydrogen-bond donors (Lipinski definition) is 4. The van der Waals surface area contributed by atoms with Crippen LogP contribution in [0.4, 0.5) is 0 Å². The SMILES string of the molecule is CCN(CCNN[C@@H](O)CNC)CC1=CCI(I)O1. The monoisotopic (exact) mass is 498 g/mol. The fourth-order valence-corrected chi connectivity index (χ4v) is 6.12. The van der Waals surface area contributed by atoms with Crippen LogP contribution < -0.4 is 16.2 Å². The van der Waals surface area contributed by atoms with Crippen molar-refractivity contribution < 1.29 is 8.17 Å². The molecule has 0 spiro atoms. The number of allylic oxidation sites excluding steroid dienone is 1. The quantitative estimate of drug-likeness (QED) is 0.117. The summed E-state index contributed by atoms with van der Waals surface area (Å²) >= 11 is 1.35. The van der Waals surface area contributed by atoms with Crippen LogP contribution in [0.5, 0.6) is 0 Å². The molecule has 0 aromatic rings. The van der Waals surface area contributed by atoms with Gasteiger partial charge in [0.1, 0.15) is 0 Å². The summed E-state index contributed by atoms with van der Waals surface area (Å²) in [5.74, 6) is 1.14. The molecule has 0 saturated heterocycles. The molecule has 0 saturated carbocycles. The molecule has 8 heteroatoms. The molecule has 4 N–H and O–H groups in total. The molecule has 19 heavy (non-hydrogen) atoms. The van der Waals surface area contributed by atoms with Gasteiger partial charge in [-0.3, -0.25) is 0 Å². The zero-order valence-electron chi connectivity index (χ0n) is 11.5. The fraction of sp³-hybridized carbons (Fsp3) is 0.818. The minimum atomic E-state index is -1.11. The third-order valence-electron chi connectivity index (χ3n) is 2.65. The maximum atomic E-state index is 9.46. The number of halogens is 2. The van der Waals surface area contributed by atoms with Gasteiger partial charge in [0.25, 0.3) is 0 Å². The van der Waals surface area contributed by atoms with Crippen molar-refractivity contribution >= 4 is 34.9 Å². The van der Waals surface area contributed by atoms with Crippen molar-refractivity contribution in [3.05, 3.63) is 11.8 Å². The first kappa shape index (κ1) is 17.9. The number of nitrogens with one attached hydrogen (secondary N) is 3. The van der Waals surface area contributed by atoms with Crippen molar-refractivity contribution in [1.29, 1.82) is 0 Å². The Balaban J connectivity index is 2.11. The molecule has 1 atom stereocenters. The summed E-state index contributed by atoms with van der Waals surface area (Å²) in [6.45, 7) is 6.28. The standard InChI is InChI=1S/C11H24I2N4O2/c1-3-17(9-10-4-5-13(12)19-10)7-6-15-16-11(18)8-14-2/h4,11,14-16,18H,3,5-9H2,1-2H3/t11-/m0/s1. The predicted molar refractivity (Wildman–Crippen MR) is 95.3 cm³/mol. The summed E-state index contributed by atoms with van der Waals surface area (Å²) < 4.78 is 7.01. The zero-order valence-corrected chi connectivity index (χ0v) is 15.8. The van der Waals surface area contributed by atoms with Crippen molar-refractivity contribution in [2.45, 2.75) is 13.2 Å². The van der Waals surface area contributed by atoms with E-state index in [2.05, 4.69) is 52.7 Å². The maximum absolute atomic E-state index is 9.46. The van der Waals surface area contributed by atoms with Crippen LogP contribution in [-0.4, -0.2) is 60.4 Å². The first-order valence-corrected chi connectivity index (χ1v) is 15.1. The van der Waals surface area contributed by atoms with Gasteiger partial charge in [0.2, 0.25) is 0 Å². The number of aliphatic hydroxyl groups excluding tert-OH is 1. The van der Waals surface area contributed by atoms with Gasteiger partial charge in [-0.25, -0.2) is 0 Å². The molecule has 0 aromatic heterocycles. The van der Waals surface area contributed by atoms with Gasteiger partial charge in [-0.1, -0.05) is 0 Å². The predicted octanol–water partition coefficient (Wildman–Crippen LogP) is 0.626. The first-order valence-electron chi connectivity index (χ1n) is 6.39. The normalized spacial score (nSPS) is 18.6. The van der Waals surface area contributed by atoms with Crippen LogP contribution in [0.1, 0.15) is 6.92 Å². The molecule has 0 amide bonds. The summed E-state index contributed by atoms with van der Waals surface area (Å²) in [7, 11) is 1.81. The van der Waals surface area contributed by atoms with E-state index in [1.807, 2.05) is 7.05 Å². The summed E-state index contributed by atoms with van der Waals surface area (Å²) in [4.78, 5) is 2.33. The van der Waals surface area contributed by atoms with Crippen LogP contribution in [0.25, 0.3) is 0 Å². The molecule has 1 aliphatic heterocycles. The number of nitrogens with zero attached hydrogens (tertiary/aromatic N) is 1. The number of likely N-dealkylation sites (N-methyl/N-ethyl adjacent to an activating group) is 2. The Morgan fingerprint density at radius 1 is 1.63 bits per heavy atom. The molecule has 0 unspecified atom stereocenters. The van der Waals surface area contributed by atoms with Gasteiger partial charge in [-0.15, -0.1) is 0 Å². The van der Waals surface area contributed by atoms with Crippen LogP contribution in [0.15, 0.2) is 11.8 Å². The molecule has 0 fully saturated rings. The van der Waals surface area contributed by atoms with Gasteiger partial charge in [0, 0.05) is 0 Å². The molecule has 1 rings (SSSR count). The second-order valence-electron chi connectivity index (χ2n) is 4.18. The third kappa shape index (κ3) is 7.97. The van der Waals surface area contributed by atoms with Gasteiger partial charge >= 0.3 is 133 Å². The molecule has 1 heterocycles. The van der Waals surface area contributed by atoms with Crippen LogP contribution >= 0.6 is 34.9 Å². The van der Waals surface area contributed by atoms with Gasteiger partial charge < -0.3 is 0 Å². The van der Waals surface area contributed by atoms with E-state index in [-0.39, 0.29) is 0 Å². The Hall–Kier alpha value is 0.800. The molecule has 114 valence electrons. The van der Waals surface area contributed by atoms with E-state index in [0.29, 0.717) is 6.54 Å². The average Bonchev–Trinajstić information content (AvgIpc) is 2.79. The molecule has 6 nitrogen and oxygen atoms in total. The molecule has 0 aromatic carbocycles. The van der Waals surface area contributed by atoms with E-state index in [1.165, 1.54) is 0 Å². The summed E-state index contributed by atoms with van der Waals surface area (Å²) in [6, 6.07) is 0. The molecular formula is C11H24I2N4O2. The summed E-state index contributed by atoms with van der Waals surface area (Å²) in [5.41, 5.74) is 5.88. The van der Waals surface area contributed by atoms with Gasteiger partial charge in [-0.05, 0) is 0 Å². The van der Waals surface area contributed by atoms with E-state index in [1.54, 1.807) is 0 Å². The molecule has 1 aliphatic rings. The second kappa shape index (κ2) is 10.5. The number of hydrazine groups is 1. The van der Waals surface area contributed by atoms with Crippen molar-refractivity contribution in [2.24, 2.45) is 0 Å². The van der Waals surface area contributed by atoms with Crippen molar-refractivity contribution in [1.82, 2.24) is 21.1 Å². The van der Waals surface area contributed by atoms with E-state index >= 15 is 0 Å². The number of hydrogen-bond acceptors (Lipinski definition) is 6. The number of aliphatic hydroxyl groups is 1. The van der Waals surface area contributed by atoms with Gasteiger partial charge in [-0.2, -0.15) is 0 Å². The van der Waals surface area contributed by atoms with Crippen molar-refractivity contribution in [2.75, 3.05) is 44.2 Å². The van der Waals surface area contributed by atoms with Gasteiger partial charge in [0.15, 0.2) is 0 Å². The Labute approximate surface area is 132 Å². The molecule has 0 radical (unpaired) electrons.